The summed E-state index contributed by atoms with van der Waals surface area (Å²) in [6, 6.07) is 12.5. The lowest BCUT2D eigenvalue weighted by molar-refractivity contribution is -0.265. The Balaban J connectivity index is 0.522. The lowest BCUT2D eigenvalue weighted by atomic mass is 9.78. The maximum atomic E-state index is 14.8. The standard InChI is InChI=1S/C97H136N16O20/c1-62-18-11-10-12-19-63(2)81(123-8)54-75-26-23-68(7)97(122,133-75)90(119)93(120)112-31-15-13-22-77(112)94(121)131-82(55-78(114)64(3)49-67(6)88(117)89(118)87(116)66(5)48-62)65(4)50-69-24-27-80(83(52-69)124-9)130-60-70-20-17-21-71(51-70)73-56-101-96(102-57-73)110-35-33-109(34-36-110)58-74-59-111(108-106-74)37-39-126-41-43-128-45-47-129-46-44-127-42-40-125-38-29-84(115)100-30-14-16-32-113-92-85(91(98)103-61-104-92)86(107-113)72-25-28-79-76(53-72)105-95(99)132-79/h10-12,17-21,25,28,49,51,53,56-57,59,61-62,64-66,68-69,75,77,80-83,88-89,117-118,122H,13-16,22-24,26-27,29-48,50,52,54-55,58,60H2,1-9H3,(H2,99,105)(H,100,115)(H2,98,103,104)/b12-10+,18-11+,63-19+,67-49+/t62-,64-,65-,66-,68-,69+,75+,77+,80-,81+,82+,83-,88-,89+,97-/m1/s1. The predicted octanol–water partition coefficient (Wildman–Crippen LogP) is 9.30. The predicted molar refractivity (Wildman–Crippen MR) is 496 cm³/mol. The van der Waals surface area contributed by atoms with Gasteiger partial charge in [0.05, 0.1) is 115 Å². The molecule has 12 rings (SSSR count). The molecule has 5 aromatic heterocycles. The zero-order valence-corrected chi connectivity index (χ0v) is 78.4. The fourth-order valence-electron chi connectivity index (χ4n) is 18.1. The van der Waals surface area contributed by atoms with Crippen LogP contribution in [-0.2, 0) is 102 Å². The summed E-state index contributed by atoms with van der Waals surface area (Å²) >= 11 is 0. The monoisotopic (exact) mass is 1850 g/mol. The first kappa shape index (κ1) is 102. The van der Waals surface area contributed by atoms with Gasteiger partial charge in [-0.05, 0) is 155 Å². The maximum absolute atomic E-state index is 14.8. The minimum Gasteiger partial charge on any atom is -0.460 e. The summed E-state index contributed by atoms with van der Waals surface area (Å²) in [5.41, 5.74) is 20.0. The summed E-state index contributed by atoms with van der Waals surface area (Å²) in [5, 5.41) is 52.0. The Bertz CT molecular complexity index is 5070. The van der Waals surface area contributed by atoms with E-state index in [2.05, 4.69) is 46.4 Å². The third-order valence-electron chi connectivity index (χ3n) is 26.0. The Morgan fingerprint density at radius 2 is 1.47 bits per heavy atom. The zero-order chi connectivity index (χ0) is 94.5. The minimum atomic E-state index is -2.48. The summed E-state index contributed by atoms with van der Waals surface area (Å²) < 4.78 is 68.8. The van der Waals surface area contributed by atoms with Crippen molar-refractivity contribution in [3.8, 4) is 22.4 Å². The van der Waals surface area contributed by atoms with Gasteiger partial charge in [-0.15, -0.1) is 5.10 Å². The van der Waals surface area contributed by atoms with Crippen LogP contribution in [0.2, 0.25) is 0 Å². The molecule has 8 N–H and O–H groups in total. The number of esters is 1. The number of fused-ring (bicyclic) bond motifs is 5. The van der Waals surface area contributed by atoms with Gasteiger partial charge in [0, 0.05) is 133 Å². The van der Waals surface area contributed by atoms with Crippen LogP contribution in [0.15, 0.2) is 119 Å². The number of aliphatic hydroxyl groups excluding tert-OH is 2. The van der Waals surface area contributed by atoms with Crippen LogP contribution >= 0.6 is 0 Å². The number of aliphatic hydroxyl groups is 3. The number of nitrogens with one attached hydrogen (secondary N) is 1. The summed E-state index contributed by atoms with van der Waals surface area (Å²) in [7, 11) is 3.24. The average Bonchev–Trinajstić information content (AvgIpc) is 1.70. The fourth-order valence-corrected chi connectivity index (χ4v) is 18.1. The number of aryl methyl sites for hydroxylation is 1. The molecule has 15 atom stereocenters. The number of unbranched alkanes of at least 4 members (excludes halogenated alkanes) is 1. The number of allylic oxidation sites excluding steroid dienone is 6. The molecule has 0 radical (unpaired) electrons. The molecule has 36 nitrogen and oxygen atoms in total. The number of amides is 2. The quantitative estimate of drug-likeness (QED) is 0.00921. The molecule has 2 amide bonds. The maximum Gasteiger partial charge on any atom is 0.329 e. The lowest BCUT2D eigenvalue weighted by Gasteiger charge is -2.42. The number of cyclic esters (lactones) is 1. The van der Waals surface area contributed by atoms with E-state index >= 15 is 0 Å². The molecule has 1 aliphatic carbocycles. The molecule has 5 aliphatic rings. The first-order chi connectivity index (χ1) is 64.2. The number of aromatic nitrogens is 10. The number of nitrogens with two attached hydrogens (primary N) is 2. The molecular weight excluding hydrogens is 1710 g/mol. The van der Waals surface area contributed by atoms with Gasteiger partial charge in [-0.25, -0.2) is 34.1 Å². The van der Waals surface area contributed by atoms with Crippen LogP contribution in [0, 0.1) is 35.5 Å². The lowest BCUT2D eigenvalue weighted by Crippen LogP contribution is -2.61. The molecule has 1 saturated carbocycles. The van der Waals surface area contributed by atoms with Crippen LogP contribution < -0.4 is 21.7 Å². The highest BCUT2D eigenvalue weighted by Crippen LogP contribution is 2.40. The van der Waals surface area contributed by atoms with E-state index in [4.69, 9.17) is 78.3 Å². The average molecular weight is 1850 g/mol. The molecule has 4 aliphatic heterocycles. The van der Waals surface area contributed by atoms with Crippen molar-refractivity contribution >= 4 is 75.0 Å². The number of nitrogen functional groups attached to an aromatic ring is 2. The molecule has 2 aromatic carbocycles. The second kappa shape index (κ2) is 50.5. The van der Waals surface area contributed by atoms with Crippen molar-refractivity contribution in [1.82, 2.24) is 64.8 Å². The fraction of sp³-hybridized carbons (Fsp3) is 0.608. The zero-order valence-electron chi connectivity index (χ0n) is 78.4. The van der Waals surface area contributed by atoms with Gasteiger partial charge < -0.3 is 93.7 Å². The number of hydrogen-bond donors (Lipinski definition) is 6. The van der Waals surface area contributed by atoms with E-state index in [1.165, 1.54) is 17.3 Å². The highest BCUT2D eigenvalue weighted by Gasteiger charge is 2.53. The third-order valence-corrected chi connectivity index (χ3v) is 26.0. The van der Waals surface area contributed by atoms with E-state index in [0.29, 0.717) is 183 Å². The molecule has 36 heteroatoms. The van der Waals surface area contributed by atoms with Crippen molar-refractivity contribution in [2.75, 3.05) is 136 Å². The number of hydrogen-bond acceptors (Lipinski definition) is 32. The summed E-state index contributed by atoms with van der Waals surface area (Å²) in [6.07, 6.45) is 18.9. The van der Waals surface area contributed by atoms with E-state index < -0.39 is 89.5 Å². The van der Waals surface area contributed by atoms with Gasteiger partial charge in [-0.2, -0.15) is 10.1 Å². The molecule has 4 fully saturated rings. The highest BCUT2D eigenvalue weighted by molar-refractivity contribution is 6.39. The summed E-state index contributed by atoms with van der Waals surface area (Å²) in [6.45, 7) is 22.2. The van der Waals surface area contributed by atoms with Gasteiger partial charge >= 0.3 is 5.97 Å². The van der Waals surface area contributed by atoms with E-state index in [9.17, 15) is 44.1 Å². The van der Waals surface area contributed by atoms with Crippen LogP contribution in [0.5, 0.6) is 0 Å². The number of benzene rings is 2. The third kappa shape index (κ3) is 28.8. The van der Waals surface area contributed by atoms with Gasteiger partial charge in [-0.3, -0.25) is 28.9 Å². The molecule has 2 bridgehead atoms. The van der Waals surface area contributed by atoms with Gasteiger partial charge in [0.15, 0.2) is 17.0 Å². The number of ketones is 3. The molecule has 0 unspecified atom stereocenters. The van der Waals surface area contributed by atoms with Crippen molar-refractivity contribution in [3.05, 3.63) is 126 Å². The van der Waals surface area contributed by atoms with Crippen molar-refractivity contribution < 1.29 is 95.9 Å². The Morgan fingerprint density at radius 1 is 0.729 bits per heavy atom. The second-order valence-electron chi connectivity index (χ2n) is 36.0. The first-order valence-corrected chi connectivity index (χ1v) is 47.1. The molecule has 9 heterocycles. The first-order valence-electron chi connectivity index (χ1n) is 47.1. The molecule has 724 valence electrons. The largest absolute Gasteiger partial charge is 0.460 e. The van der Waals surface area contributed by atoms with E-state index in [1.54, 1.807) is 57.3 Å². The molecular formula is C97H136N16O20. The van der Waals surface area contributed by atoms with Gasteiger partial charge in [0.2, 0.25) is 17.6 Å². The van der Waals surface area contributed by atoms with Crippen molar-refractivity contribution in [2.24, 2.45) is 35.5 Å². The van der Waals surface area contributed by atoms with Crippen LogP contribution in [0.3, 0.4) is 0 Å². The molecule has 3 saturated heterocycles. The number of carbonyl (C=O) groups excluding carboxylic acids is 6. The van der Waals surface area contributed by atoms with Crippen LogP contribution in [0.25, 0.3) is 44.5 Å². The SMILES string of the molecule is CO[C@H]1C[C@@H]2CC[C@@H](C)[C@@](O)(O2)C(=O)C(=O)N2CCCC[C@H]2C(=O)O[C@H]([C@H](C)C[C@@H]2CC[C@@H](OCc3cccc(-c4cnc(N5CCN(Cc6cn(CCOCCOCCOCCOCCOCCC(=O)NCCCCn7nc(-c8ccc9oc(N)nc9c8)c8c(N)ncnc87)nn6)CC5)nc4)c3)[C@H](OC)C2)CC(=O)[C@H](C)/C=C(\C)[C@@H](O)[C@@H](O)C(=O)[C@H](C)C[C@H](C)/C=C/C=C/C=C/1C. The number of anilines is 3. The molecule has 7 aromatic rings. The number of piperazine rings is 1. The number of methoxy groups -OCH3 is 2. The van der Waals surface area contributed by atoms with Gasteiger partial charge in [0.25, 0.3) is 17.7 Å². The van der Waals surface area contributed by atoms with E-state index in [1.807, 2.05) is 100 Å². The van der Waals surface area contributed by atoms with Gasteiger partial charge in [-0.1, -0.05) is 94.5 Å². The van der Waals surface area contributed by atoms with Gasteiger partial charge in [0.1, 0.15) is 53.5 Å². The van der Waals surface area contributed by atoms with Crippen LogP contribution in [0.1, 0.15) is 156 Å². The summed E-state index contributed by atoms with van der Waals surface area (Å²) in [5.74, 6) is -8.03. The summed E-state index contributed by atoms with van der Waals surface area (Å²) in [4.78, 5) is 113. The minimum absolute atomic E-state index is 0.0504. The Hall–Kier alpha value is -10.1. The normalized spacial score (nSPS) is 26.7. The van der Waals surface area contributed by atoms with E-state index in [-0.39, 0.29) is 86.2 Å². The van der Waals surface area contributed by atoms with Crippen molar-refractivity contribution in [3.63, 3.8) is 0 Å². The topological polar surface area (TPSA) is 455 Å². The molecule has 133 heavy (non-hydrogen) atoms. The number of Topliss-reactive ketones (excluding diaryl/α,β-unsaturated/α-hetero) is 3. The van der Waals surface area contributed by atoms with E-state index in [0.717, 1.165) is 79.0 Å². The highest BCUT2D eigenvalue weighted by atomic mass is 16.6. The Morgan fingerprint density at radius 3 is 2.20 bits per heavy atom. The number of nitrogens with zero attached hydrogens (tertiary/aromatic N) is 13. The smallest absolute Gasteiger partial charge is 0.329 e. The molecule has 0 spiro atoms. The number of rotatable bonds is 36. The number of ether oxygens (including phenoxy) is 10. The Kier molecular flexibility index (Phi) is 38.7. The van der Waals surface area contributed by atoms with Crippen molar-refractivity contribution in [1.29, 1.82) is 0 Å². The number of carbonyl (C=O) groups is 6. The van der Waals surface area contributed by atoms with Crippen LogP contribution in [-0.4, -0.2) is 284 Å². The number of piperidine rings is 1. The number of oxazole rings is 1. The Labute approximate surface area is 777 Å². The second-order valence-corrected chi connectivity index (χ2v) is 36.0. The van der Waals surface area contributed by atoms with Crippen LogP contribution in [0.4, 0.5) is 17.8 Å². The van der Waals surface area contributed by atoms with Crippen molar-refractivity contribution in [2.45, 2.75) is 226 Å².